The maximum Gasteiger partial charge on any atom is 0.338 e. The van der Waals surface area contributed by atoms with Crippen LogP contribution in [0.2, 0.25) is 0 Å². The lowest BCUT2D eigenvalue weighted by Gasteiger charge is -2.13. The van der Waals surface area contributed by atoms with Crippen molar-refractivity contribution in [3.63, 3.8) is 0 Å². The summed E-state index contributed by atoms with van der Waals surface area (Å²) >= 11 is 1.56. The molecule has 0 saturated heterocycles. The second-order valence-electron chi connectivity index (χ2n) is 4.62. The van der Waals surface area contributed by atoms with E-state index >= 15 is 0 Å². The van der Waals surface area contributed by atoms with Crippen molar-refractivity contribution < 1.29 is 9.53 Å². The zero-order chi connectivity index (χ0) is 14.8. The number of carbonyl (C=O) groups excluding carboxylic acids is 1. The fraction of sp³-hybridized carbons (Fsp3) is 0.286. The Morgan fingerprint density at radius 2 is 2.24 bits per heavy atom. The molecule has 1 aliphatic heterocycles. The van der Waals surface area contributed by atoms with Gasteiger partial charge in [-0.2, -0.15) is 9.19 Å². The molecule has 21 heavy (non-hydrogen) atoms. The minimum Gasteiger partial charge on any atom is -0.462 e. The molecule has 0 saturated carbocycles. The fourth-order valence-corrected chi connectivity index (χ4v) is 3.00. The highest BCUT2D eigenvalue weighted by molar-refractivity contribution is 7.98. The molecule has 2 heterocycles. The third-order valence-electron chi connectivity index (χ3n) is 2.98. The van der Waals surface area contributed by atoms with E-state index in [2.05, 4.69) is 15.7 Å². The normalized spacial score (nSPS) is 16.2. The molecule has 1 aliphatic rings. The number of hydrogen-bond acceptors (Lipinski definition) is 6. The average Bonchev–Trinajstić information content (AvgIpc) is 2.96. The summed E-state index contributed by atoms with van der Waals surface area (Å²) in [5.74, 6) is 0.686. The van der Waals surface area contributed by atoms with Gasteiger partial charge in [0.15, 0.2) is 5.50 Å². The Balaban J connectivity index is 1.61. The highest BCUT2D eigenvalue weighted by Gasteiger charge is 2.22. The number of rotatable bonds is 4. The van der Waals surface area contributed by atoms with E-state index in [1.807, 2.05) is 29.2 Å². The number of hydrogen-bond donors (Lipinski definition) is 2. The number of nitrogens with zero attached hydrogens (tertiary/aromatic N) is 2. The Bertz CT molecular complexity index is 630. The van der Waals surface area contributed by atoms with Crippen LogP contribution in [0, 0.1) is 6.92 Å². The largest absolute Gasteiger partial charge is 0.462 e. The molecular weight excluding hydrogens is 288 g/mol. The predicted octanol–water partition coefficient (Wildman–Crippen LogP) is 2.69. The number of esters is 1. The van der Waals surface area contributed by atoms with Crippen molar-refractivity contribution in [1.82, 2.24) is 9.19 Å². The van der Waals surface area contributed by atoms with Crippen LogP contribution in [-0.4, -0.2) is 27.3 Å². The van der Waals surface area contributed by atoms with Crippen molar-refractivity contribution in [2.24, 2.45) is 0 Å². The average molecular weight is 304 g/mol. The maximum absolute atomic E-state index is 11.6. The fourth-order valence-electron chi connectivity index (χ4n) is 2.05. The maximum atomic E-state index is 11.6. The van der Waals surface area contributed by atoms with Gasteiger partial charge in [0.25, 0.3) is 0 Å². The third-order valence-corrected chi connectivity index (χ3v) is 3.90. The second-order valence-corrected chi connectivity index (χ2v) is 5.64. The van der Waals surface area contributed by atoms with Crippen molar-refractivity contribution in [2.75, 3.05) is 17.2 Å². The van der Waals surface area contributed by atoms with Crippen LogP contribution in [0.25, 0.3) is 0 Å². The molecule has 1 aromatic carbocycles. The van der Waals surface area contributed by atoms with Gasteiger partial charge in [-0.1, -0.05) is 0 Å². The smallest absolute Gasteiger partial charge is 0.338 e. The number of nitrogens with one attached hydrogen (secondary N) is 2. The second kappa shape index (κ2) is 5.69. The van der Waals surface area contributed by atoms with Crippen molar-refractivity contribution in [2.45, 2.75) is 19.3 Å². The first-order valence-electron chi connectivity index (χ1n) is 6.70. The van der Waals surface area contributed by atoms with Gasteiger partial charge in [0.2, 0.25) is 0 Å². The molecular formula is C14H16N4O2S. The molecule has 3 rings (SSSR count). The van der Waals surface area contributed by atoms with Gasteiger partial charge in [-0.3, -0.25) is 0 Å². The first kappa shape index (κ1) is 13.8. The Labute approximate surface area is 127 Å². The van der Waals surface area contributed by atoms with Gasteiger partial charge in [-0.15, -0.1) is 0 Å². The zero-order valence-corrected chi connectivity index (χ0v) is 12.6. The predicted molar refractivity (Wildman–Crippen MR) is 83.4 cm³/mol. The molecule has 0 unspecified atom stereocenters. The summed E-state index contributed by atoms with van der Waals surface area (Å²) in [6.45, 7) is 4.14. The lowest BCUT2D eigenvalue weighted by atomic mass is 10.2. The number of carbonyl (C=O) groups is 1. The van der Waals surface area contributed by atoms with Gasteiger partial charge in [-0.05, 0) is 38.1 Å². The number of ether oxygens (including phenoxy) is 1. The summed E-state index contributed by atoms with van der Waals surface area (Å²) in [6, 6.07) is 9.23. The van der Waals surface area contributed by atoms with Crippen molar-refractivity contribution >= 4 is 29.4 Å². The number of benzene rings is 1. The summed E-state index contributed by atoms with van der Waals surface area (Å²) < 4.78 is 6.82. The molecule has 0 aliphatic carbocycles. The molecule has 0 bridgehead atoms. The lowest BCUT2D eigenvalue weighted by molar-refractivity contribution is 0.0526. The van der Waals surface area contributed by atoms with Crippen LogP contribution >= 0.6 is 11.9 Å². The summed E-state index contributed by atoms with van der Waals surface area (Å²) in [5, 5.41) is 11.0. The molecule has 0 amide bonds. The number of aromatic nitrogens is 2. The highest BCUT2D eigenvalue weighted by atomic mass is 32.2. The molecule has 2 N–H and O–H groups in total. The molecule has 1 aromatic heterocycles. The number of aryl methyl sites for hydroxylation is 1. The van der Waals surface area contributed by atoms with E-state index in [9.17, 15) is 4.79 Å². The lowest BCUT2D eigenvalue weighted by Crippen LogP contribution is -2.21. The third kappa shape index (κ3) is 2.97. The Morgan fingerprint density at radius 1 is 1.48 bits per heavy atom. The standard InChI is InChI=1S/C14H16N4O2S/c1-3-20-13(19)10-4-6-11(7-5-10)15-14-16-12-8-9(2)17-18(12)21-14/h4-8,14-16H,3H2,1-2H3/t14-/m0/s1. The van der Waals surface area contributed by atoms with Crippen molar-refractivity contribution in [1.29, 1.82) is 0 Å². The monoisotopic (exact) mass is 304 g/mol. The van der Waals surface area contributed by atoms with E-state index < -0.39 is 0 Å². The van der Waals surface area contributed by atoms with E-state index in [4.69, 9.17) is 4.74 Å². The van der Waals surface area contributed by atoms with Gasteiger partial charge in [0.05, 0.1) is 17.9 Å². The van der Waals surface area contributed by atoms with Crippen molar-refractivity contribution in [3.8, 4) is 0 Å². The molecule has 7 heteroatoms. The van der Waals surface area contributed by atoms with E-state index in [1.54, 1.807) is 31.0 Å². The van der Waals surface area contributed by atoms with Crippen LogP contribution in [0.5, 0.6) is 0 Å². The molecule has 0 spiro atoms. The van der Waals surface area contributed by atoms with E-state index in [-0.39, 0.29) is 11.5 Å². The van der Waals surface area contributed by atoms with E-state index in [1.165, 1.54) is 0 Å². The van der Waals surface area contributed by atoms with Crippen LogP contribution < -0.4 is 10.6 Å². The van der Waals surface area contributed by atoms with Crippen LogP contribution in [-0.2, 0) is 4.74 Å². The quantitative estimate of drug-likeness (QED) is 0.847. The SMILES string of the molecule is CCOC(=O)c1ccc(N[C@H]2Nc3cc(C)nn3S2)cc1. The van der Waals surface area contributed by atoms with Gasteiger partial charge in [-0.25, -0.2) is 4.79 Å². The Kier molecular flexibility index (Phi) is 3.74. The summed E-state index contributed by atoms with van der Waals surface area (Å²) in [5.41, 5.74) is 2.48. The summed E-state index contributed by atoms with van der Waals surface area (Å²) in [4.78, 5) is 11.6. The first-order chi connectivity index (χ1) is 10.2. The van der Waals surface area contributed by atoms with Gasteiger partial charge in [0, 0.05) is 23.7 Å². The van der Waals surface area contributed by atoms with Crippen LogP contribution in [0.4, 0.5) is 11.5 Å². The molecule has 0 radical (unpaired) electrons. The van der Waals surface area contributed by atoms with E-state index in [0.717, 1.165) is 17.2 Å². The van der Waals surface area contributed by atoms with Crippen LogP contribution in [0.15, 0.2) is 30.3 Å². The first-order valence-corrected chi connectivity index (χ1v) is 7.53. The number of fused-ring (bicyclic) bond motifs is 1. The highest BCUT2D eigenvalue weighted by Crippen LogP contribution is 2.30. The summed E-state index contributed by atoms with van der Waals surface area (Å²) in [6.07, 6.45) is 0. The Hall–Kier alpha value is -2.15. The zero-order valence-electron chi connectivity index (χ0n) is 11.8. The topological polar surface area (TPSA) is 68.2 Å². The van der Waals surface area contributed by atoms with Crippen LogP contribution in [0.3, 0.4) is 0 Å². The minimum absolute atomic E-state index is 0.0153. The molecule has 6 nitrogen and oxygen atoms in total. The minimum atomic E-state index is -0.298. The molecule has 1 atom stereocenters. The van der Waals surface area contributed by atoms with Crippen molar-refractivity contribution in [3.05, 3.63) is 41.6 Å². The molecule has 2 aromatic rings. The number of anilines is 2. The Morgan fingerprint density at radius 3 is 2.90 bits per heavy atom. The van der Waals surface area contributed by atoms with Gasteiger partial charge >= 0.3 is 5.97 Å². The van der Waals surface area contributed by atoms with Gasteiger partial charge in [0.1, 0.15) is 5.82 Å². The van der Waals surface area contributed by atoms with Crippen LogP contribution in [0.1, 0.15) is 23.0 Å². The molecule has 0 fully saturated rings. The summed E-state index contributed by atoms with van der Waals surface area (Å²) in [7, 11) is 0. The molecule has 110 valence electrons. The van der Waals surface area contributed by atoms with Gasteiger partial charge < -0.3 is 15.4 Å². The van der Waals surface area contributed by atoms with E-state index in [0.29, 0.717) is 12.2 Å².